The summed E-state index contributed by atoms with van der Waals surface area (Å²) >= 11 is 0. The van der Waals surface area contributed by atoms with Crippen LogP contribution >= 0.6 is 0 Å². The first-order chi connectivity index (χ1) is 12.5. The first-order valence-corrected chi connectivity index (χ1v) is 10.0. The number of hydrogen-bond acceptors (Lipinski definition) is 2. The lowest BCUT2D eigenvalue weighted by atomic mass is 9.96. The summed E-state index contributed by atoms with van der Waals surface area (Å²) in [5.74, 6) is 0.770. The molecule has 0 bridgehead atoms. The quantitative estimate of drug-likeness (QED) is 0.817. The van der Waals surface area contributed by atoms with E-state index < -0.39 is 0 Å². The van der Waals surface area contributed by atoms with E-state index in [0.29, 0.717) is 18.4 Å². The second-order valence-electron chi connectivity index (χ2n) is 8.00. The lowest BCUT2D eigenvalue weighted by Gasteiger charge is -2.30. The number of carbonyl (C=O) groups excluding carboxylic acids is 2. The molecule has 142 valence electrons. The molecule has 26 heavy (non-hydrogen) atoms. The predicted molar refractivity (Wildman–Crippen MR) is 106 cm³/mol. The minimum Gasteiger partial charge on any atom is -0.335 e. The maximum absolute atomic E-state index is 12.3. The molecule has 1 fully saturated rings. The van der Waals surface area contributed by atoms with Gasteiger partial charge in [0.2, 0.25) is 5.91 Å². The second kappa shape index (κ2) is 8.56. The Hall–Kier alpha value is -2.04. The van der Waals surface area contributed by atoms with Gasteiger partial charge in [0.25, 0.3) is 0 Å². The van der Waals surface area contributed by atoms with Gasteiger partial charge < -0.3 is 15.5 Å². The molecule has 5 heteroatoms. The third-order valence-electron chi connectivity index (χ3n) is 5.41. The minimum atomic E-state index is -0.125. The predicted octanol–water partition coefficient (Wildman–Crippen LogP) is 4.47. The Kier molecular flexibility index (Phi) is 6.17. The lowest BCUT2D eigenvalue weighted by molar-refractivity contribution is -0.118. The van der Waals surface area contributed by atoms with Crippen molar-refractivity contribution in [3.63, 3.8) is 0 Å². The molecule has 3 amide bonds. The topological polar surface area (TPSA) is 61.4 Å². The highest BCUT2D eigenvalue weighted by atomic mass is 16.2. The summed E-state index contributed by atoms with van der Waals surface area (Å²) < 4.78 is 0. The van der Waals surface area contributed by atoms with E-state index in [2.05, 4.69) is 24.5 Å². The van der Waals surface area contributed by atoms with Crippen molar-refractivity contribution in [2.24, 2.45) is 5.92 Å². The zero-order chi connectivity index (χ0) is 18.5. The molecule has 0 saturated heterocycles. The van der Waals surface area contributed by atoms with Gasteiger partial charge in [-0.05, 0) is 55.4 Å². The summed E-state index contributed by atoms with van der Waals surface area (Å²) in [6.07, 6.45) is 8.10. The number of benzene rings is 1. The number of nitrogens with one attached hydrogen (secondary N) is 2. The molecule has 1 saturated carbocycles. The lowest BCUT2D eigenvalue weighted by Crippen LogP contribution is -2.39. The maximum Gasteiger partial charge on any atom is 0.319 e. The van der Waals surface area contributed by atoms with Crippen LogP contribution in [0.4, 0.5) is 16.2 Å². The van der Waals surface area contributed by atoms with E-state index in [9.17, 15) is 9.59 Å². The van der Waals surface area contributed by atoms with Gasteiger partial charge in [0.05, 0.1) is 0 Å². The van der Waals surface area contributed by atoms with E-state index >= 15 is 0 Å². The fourth-order valence-electron chi connectivity index (χ4n) is 3.87. The Labute approximate surface area is 156 Å². The number of aryl methyl sites for hydroxylation is 1. The SMILES string of the molecule is CC(C)CCN1C(=O)CCc2cc(NC(=O)NC3CCCCC3)ccc21. The van der Waals surface area contributed by atoms with Gasteiger partial charge in [0.1, 0.15) is 0 Å². The van der Waals surface area contributed by atoms with Crippen LogP contribution in [0.25, 0.3) is 0 Å². The molecule has 1 aliphatic carbocycles. The van der Waals surface area contributed by atoms with Crippen molar-refractivity contribution in [2.45, 2.75) is 71.3 Å². The van der Waals surface area contributed by atoms with Crippen molar-refractivity contribution in [3.05, 3.63) is 23.8 Å². The Balaban J connectivity index is 1.64. The first kappa shape index (κ1) is 18.7. The fraction of sp³-hybridized carbons (Fsp3) is 0.619. The molecule has 5 nitrogen and oxygen atoms in total. The molecule has 2 aliphatic rings. The van der Waals surface area contributed by atoms with Crippen molar-refractivity contribution < 1.29 is 9.59 Å². The third-order valence-corrected chi connectivity index (χ3v) is 5.41. The van der Waals surface area contributed by atoms with Crippen LogP contribution in [0.1, 0.15) is 64.4 Å². The molecular formula is C21H31N3O2. The van der Waals surface area contributed by atoms with E-state index in [1.165, 1.54) is 19.3 Å². The minimum absolute atomic E-state index is 0.125. The Morgan fingerprint density at radius 2 is 1.96 bits per heavy atom. The summed E-state index contributed by atoms with van der Waals surface area (Å²) in [7, 11) is 0. The van der Waals surface area contributed by atoms with Crippen LogP contribution in [0.5, 0.6) is 0 Å². The second-order valence-corrected chi connectivity index (χ2v) is 8.00. The molecule has 0 aromatic heterocycles. The monoisotopic (exact) mass is 357 g/mol. The third kappa shape index (κ3) is 4.77. The van der Waals surface area contributed by atoms with Crippen molar-refractivity contribution in [1.82, 2.24) is 5.32 Å². The molecule has 1 aromatic rings. The van der Waals surface area contributed by atoms with E-state index in [1.54, 1.807) is 0 Å². The van der Waals surface area contributed by atoms with Crippen molar-refractivity contribution in [1.29, 1.82) is 0 Å². The molecule has 0 spiro atoms. The molecule has 0 unspecified atom stereocenters. The first-order valence-electron chi connectivity index (χ1n) is 10.0. The molecule has 1 heterocycles. The average molecular weight is 357 g/mol. The van der Waals surface area contributed by atoms with Crippen molar-refractivity contribution in [2.75, 3.05) is 16.8 Å². The Morgan fingerprint density at radius 3 is 2.69 bits per heavy atom. The standard InChI is InChI=1S/C21H31N3O2/c1-15(2)12-13-24-19-10-9-18(14-16(19)8-11-20(24)25)23-21(26)22-17-6-4-3-5-7-17/h9-10,14-15,17H,3-8,11-13H2,1-2H3,(H2,22,23,26). The molecule has 1 aromatic carbocycles. The zero-order valence-corrected chi connectivity index (χ0v) is 16.0. The Morgan fingerprint density at radius 1 is 1.19 bits per heavy atom. The largest absolute Gasteiger partial charge is 0.335 e. The van der Waals surface area contributed by atoms with Crippen molar-refractivity contribution >= 4 is 23.3 Å². The summed E-state index contributed by atoms with van der Waals surface area (Å²) in [4.78, 5) is 26.5. The van der Waals surface area contributed by atoms with Crippen LogP contribution in [-0.2, 0) is 11.2 Å². The zero-order valence-electron chi connectivity index (χ0n) is 16.0. The van der Waals surface area contributed by atoms with E-state index in [1.807, 2.05) is 23.1 Å². The van der Waals surface area contributed by atoms with Gasteiger partial charge in [-0.15, -0.1) is 0 Å². The number of carbonyl (C=O) groups is 2. The summed E-state index contributed by atoms with van der Waals surface area (Å²) in [6.45, 7) is 5.11. The van der Waals surface area contributed by atoms with Gasteiger partial charge in [0, 0.05) is 30.4 Å². The van der Waals surface area contributed by atoms with Gasteiger partial charge in [0.15, 0.2) is 0 Å². The van der Waals surface area contributed by atoms with Crippen LogP contribution in [0, 0.1) is 5.92 Å². The summed E-state index contributed by atoms with van der Waals surface area (Å²) in [6, 6.07) is 6.07. The molecule has 0 atom stereocenters. The number of hydrogen-bond donors (Lipinski definition) is 2. The van der Waals surface area contributed by atoms with Gasteiger partial charge in [-0.2, -0.15) is 0 Å². The highest BCUT2D eigenvalue weighted by molar-refractivity contribution is 5.97. The highest BCUT2D eigenvalue weighted by Crippen LogP contribution is 2.31. The molecule has 3 rings (SSSR count). The van der Waals surface area contributed by atoms with Gasteiger partial charge in [-0.3, -0.25) is 4.79 Å². The summed E-state index contributed by atoms with van der Waals surface area (Å²) in [5, 5.41) is 6.04. The normalized spacial score (nSPS) is 18.0. The Bertz CT molecular complexity index is 651. The molecule has 2 N–H and O–H groups in total. The van der Waals surface area contributed by atoms with Gasteiger partial charge >= 0.3 is 6.03 Å². The molecule has 1 aliphatic heterocycles. The van der Waals surface area contributed by atoms with Crippen LogP contribution in [0.2, 0.25) is 0 Å². The molecular weight excluding hydrogens is 326 g/mol. The smallest absolute Gasteiger partial charge is 0.319 e. The summed E-state index contributed by atoms with van der Waals surface area (Å²) in [5.41, 5.74) is 2.94. The van der Waals surface area contributed by atoms with Crippen LogP contribution in [0.3, 0.4) is 0 Å². The number of anilines is 2. The van der Waals surface area contributed by atoms with Crippen LogP contribution < -0.4 is 15.5 Å². The van der Waals surface area contributed by atoms with Crippen LogP contribution in [0.15, 0.2) is 18.2 Å². The van der Waals surface area contributed by atoms with Gasteiger partial charge in [-0.25, -0.2) is 4.79 Å². The highest BCUT2D eigenvalue weighted by Gasteiger charge is 2.24. The molecule has 0 radical (unpaired) electrons. The van der Waals surface area contributed by atoms with E-state index in [0.717, 1.165) is 49.2 Å². The fourth-order valence-corrected chi connectivity index (χ4v) is 3.87. The van der Waals surface area contributed by atoms with Gasteiger partial charge in [-0.1, -0.05) is 33.1 Å². The number of nitrogens with zero attached hydrogens (tertiary/aromatic N) is 1. The number of fused-ring (bicyclic) bond motifs is 1. The maximum atomic E-state index is 12.3. The number of amides is 3. The van der Waals surface area contributed by atoms with Crippen LogP contribution in [-0.4, -0.2) is 24.5 Å². The average Bonchev–Trinajstić information content (AvgIpc) is 2.61. The van der Waals surface area contributed by atoms with E-state index in [4.69, 9.17) is 0 Å². The van der Waals surface area contributed by atoms with Crippen molar-refractivity contribution in [3.8, 4) is 0 Å². The number of urea groups is 1. The number of rotatable bonds is 5. The van der Waals surface area contributed by atoms with E-state index in [-0.39, 0.29) is 11.9 Å².